The van der Waals surface area contributed by atoms with E-state index in [1.807, 2.05) is 13.8 Å². The van der Waals surface area contributed by atoms with Crippen molar-refractivity contribution in [3.05, 3.63) is 0 Å². The largest absolute Gasteiger partial charge is 0.394 e. The Morgan fingerprint density at radius 3 is 2.32 bits per heavy atom. The molecule has 0 aromatic carbocycles. The smallest absolute Gasteiger partial charge is 0.161 e. The van der Waals surface area contributed by atoms with Gasteiger partial charge in [-0.25, -0.2) is 0 Å². The van der Waals surface area contributed by atoms with Gasteiger partial charge in [0.2, 0.25) is 0 Å². The number of hydrogen-bond acceptors (Lipinski definition) is 5. The lowest BCUT2D eigenvalue weighted by Gasteiger charge is -2.43. The summed E-state index contributed by atoms with van der Waals surface area (Å²) < 4.78 is 11.8. The van der Waals surface area contributed by atoms with Crippen LogP contribution in [0.25, 0.3) is 0 Å². The molecule has 0 radical (unpaired) electrons. The Bertz CT molecular complexity index is 336. The SMILES string of the molecule is CCC(C)C1CC(O)C(CO)OC1OCC(C)(C)C(C)(C)O. The van der Waals surface area contributed by atoms with E-state index in [1.165, 1.54) is 0 Å². The van der Waals surface area contributed by atoms with Gasteiger partial charge in [-0.2, -0.15) is 0 Å². The van der Waals surface area contributed by atoms with Crippen LogP contribution in [0, 0.1) is 17.3 Å². The van der Waals surface area contributed by atoms with Crippen LogP contribution in [0.4, 0.5) is 0 Å². The normalized spacial score (nSPS) is 32.0. The summed E-state index contributed by atoms with van der Waals surface area (Å²) >= 11 is 0. The molecule has 1 rings (SSSR count). The Morgan fingerprint density at radius 1 is 1.27 bits per heavy atom. The summed E-state index contributed by atoms with van der Waals surface area (Å²) in [5, 5.41) is 29.7. The molecule has 0 amide bonds. The molecule has 0 aliphatic carbocycles. The van der Waals surface area contributed by atoms with Crippen LogP contribution in [0.3, 0.4) is 0 Å². The van der Waals surface area contributed by atoms with E-state index in [0.29, 0.717) is 18.9 Å². The van der Waals surface area contributed by atoms with Gasteiger partial charge in [0, 0.05) is 11.3 Å². The van der Waals surface area contributed by atoms with Gasteiger partial charge in [-0.05, 0) is 26.2 Å². The highest BCUT2D eigenvalue weighted by Crippen LogP contribution is 2.36. The molecule has 1 heterocycles. The molecular formula is C17H34O5. The fourth-order valence-electron chi connectivity index (χ4n) is 2.50. The van der Waals surface area contributed by atoms with Crippen molar-refractivity contribution < 1.29 is 24.8 Å². The average molecular weight is 318 g/mol. The zero-order valence-corrected chi connectivity index (χ0v) is 14.9. The van der Waals surface area contributed by atoms with Crippen LogP contribution in [0.1, 0.15) is 54.4 Å². The first kappa shape index (κ1) is 19.8. The van der Waals surface area contributed by atoms with Crippen molar-refractivity contribution in [2.75, 3.05) is 13.2 Å². The summed E-state index contributed by atoms with van der Waals surface area (Å²) in [4.78, 5) is 0. The van der Waals surface area contributed by atoms with Crippen molar-refractivity contribution in [1.82, 2.24) is 0 Å². The minimum absolute atomic E-state index is 0.0837. The second-order valence-electron chi connectivity index (χ2n) is 7.83. The van der Waals surface area contributed by atoms with Gasteiger partial charge in [-0.1, -0.05) is 34.1 Å². The van der Waals surface area contributed by atoms with Crippen LogP contribution in [-0.4, -0.2) is 52.6 Å². The third kappa shape index (κ3) is 4.65. The minimum atomic E-state index is -0.872. The minimum Gasteiger partial charge on any atom is -0.394 e. The van der Waals surface area contributed by atoms with Crippen LogP contribution in [-0.2, 0) is 9.47 Å². The Hall–Kier alpha value is -0.200. The van der Waals surface area contributed by atoms with Gasteiger partial charge in [0.1, 0.15) is 6.10 Å². The predicted octanol–water partition coefficient (Wildman–Crippen LogP) is 1.93. The maximum absolute atomic E-state index is 10.2. The zero-order valence-electron chi connectivity index (χ0n) is 14.9. The van der Waals surface area contributed by atoms with Crippen LogP contribution < -0.4 is 0 Å². The van der Waals surface area contributed by atoms with E-state index in [0.717, 1.165) is 6.42 Å². The predicted molar refractivity (Wildman–Crippen MR) is 85.3 cm³/mol. The summed E-state index contributed by atoms with van der Waals surface area (Å²) in [5.74, 6) is 0.435. The lowest BCUT2D eigenvalue weighted by molar-refractivity contribution is -0.274. The van der Waals surface area contributed by atoms with Gasteiger partial charge in [0.15, 0.2) is 6.29 Å². The summed E-state index contributed by atoms with van der Waals surface area (Å²) in [5.41, 5.74) is -1.30. The standard InChI is InChI=1S/C17H34O5/c1-7-11(2)12-8-13(19)14(9-18)22-15(12)21-10-16(3,4)17(5,6)20/h11-15,18-20H,7-10H2,1-6H3. The quantitative estimate of drug-likeness (QED) is 0.668. The van der Waals surface area contributed by atoms with Gasteiger partial charge >= 0.3 is 0 Å². The van der Waals surface area contributed by atoms with Crippen LogP contribution >= 0.6 is 0 Å². The van der Waals surface area contributed by atoms with Crippen LogP contribution in [0.15, 0.2) is 0 Å². The van der Waals surface area contributed by atoms with E-state index >= 15 is 0 Å². The van der Waals surface area contributed by atoms with E-state index in [9.17, 15) is 15.3 Å². The molecule has 0 aromatic heterocycles. The van der Waals surface area contributed by atoms with Gasteiger partial charge in [0.25, 0.3) is 0 Å². The van der Waals surface area contributed by atoms with Crippen LogP contribution in [0.2, 0.25) is 0 Å². The molecule has 3 N–H and O–H groups in total. The molecule has 5 nitrogen and oxygen atoms in total. The number of hydrogen-bond donors (Lipinski definition) is 3. The fourth-order valence-corrected chi connectivity index (χ4v) is 2.50. The molecule has 5 atom stereocenters. The lowest BCUT2D eigenvalue weighted by Crippen LogP contribution is -2.51. The van der Waals surface area contributed by atoms with Gasteiger partial charge < -0.3 is 24.8 Å². The zero-order chi connectivity index (χ0) is 17.1. The van der Waals surface area contributed by atoms with Crippen molar-refractivity contribution in [1.29, 1.82) is 0 Å². The Morgan fingerprint density at radius 2 is 1.86 bits per heavy atom. The number of aliphatic hydroxyl groups is 3. The summed E-state index contributed by atoms with van der Waals surface area (Å²) in [6.07, 6.45) is -0.188. The topological polar surface area (TPSA) is 79.2 Å². The molecule has 5 heteroatoms. The van der Waals surface area contributed by atoms with E-state index in [1.54, 1.807) is 13.8 Å². The third-order valence-corrected chi connectivity index (χ3v) is 5.42. The Labute approximate surface area is 134 Å². The van der Waals surface area contributed by atoms with Crippen molar-refractivity contribution in [2.45, 2.75) is 78.5 Å². The number of ether oxygens (including phenoxy) is 2. The fraction of sp³-hybridized carbons (Fsp3) is 1.00. The maximum Gasteiger partial charge on any atom is 0.161 e. The van der Waals surface area contributed by atoms with E-state index in [2.05, 4.69) is 13.8 Å². The van der Waals surface area contributed by atoms with Crippen molar-refractivity contribution in [2.24, 2.45) is 17.3 Å². The molecule has 5 unspecified atom stereocenters. The average Bonchev–Trinajstić information content (AvgIpc) is 2.43. The summed E-state index contributed by atoms with van der Waals surface area (Å²) in [6, 6.07) is 0. The first-order chi connectivity index (χ1) is 10.0. The summed E-state index contributed by atoms with van der Waals surface area (Å²) in [6.45, 7) is 11.8. The number of rotatable bonds is 7. The summed E-state index contributed by atoms with van der Waals surface area (Å²) in [7, 11) is 0. The second-order valence-corrected chi connectivity index (χ2v) is 7.83. The van der Waals surface area contributed by atoms with Crippen molar-refractivity contribution in [3.8, 4) is 0 Å². The van der Waals surface area contributed by atoms with Crippen LogP contribution in [0.5, 0.6) is 0 Å². The Kier molecular flexibility index (Phi) is 6.84. The molecule has 0 aromatic rings. The lowest BCUT2D eigenvalue weighted by atomic mass is 9.78. The first-order valence-electron chi connectivity index (χ1n) is 8.31. The monoisotopic (exact) mass is 318 g/mol. The molecule has 0 saturated carbocycles. The van der Waals surface area contributed by atoms with E-state index in [-0.39, 0.29) is 12.5 Å². The molecule has 0 bridgehead atoms. The molecule has 0 spiro atoms. The molecule has 22 heavy (non-hydrogen) atoms. The van der Waals surface area contributed by atoms with Gasteiger partial charge in [0.05, 0.1) is 24.9 Å². The molecule has 1 saturated heterocycles. The van der Waals surface area contributed by atoms with E-state index in [4.69, 9.17) is 9.47 Å². The van der Waals surface area contributed by atoms with Crippen molar-refractivity contribution in [3.63, 3.8) is 0 Å². The molecule has 132 valence electrons. The van der Waals surface area contributed by atoms with Gasteiger partial charge in [-0.15, -0.1) is 0 Å². The highest BCUT2D eigenvalue weighted by Gasteiger charge is 2.42. The van der Waals surface area contributed by atoms with Crippen molar-refractivity contribution >= 4 is 0 Å². The number of aliphatic hydroxyl groups excluding tert-OH is 2. The highest BCUT2D eigenvalue weighted by molar-refractivity contribution is 4.87. The molecule has 1 aliphatic heterocycles. The highest BCUT2D eigenvalue weighted by atomic mass is 16.7. The molecular weight excluding hydrogens is 284 g/mol. The maximum atomic E-state index is 10.2. The third-order valence-electron chi connectivity index (χ3n) is 5.42. The van der Waals surface area contributed by atoms with Gasteiger partial charge in [-0.3, -0.25) is 0 Å². The Balaban J connectivity index is 2.78. The molecule has 1 fully saturated rings. The van der Waals surface area contributed by atoms with E-state index < -0.39 is 29.5 Å². The second kappa shape index (κ2) is 7.58. The first-order valence-corrected chi connectivity index (χ1v) is 8.31. The molecule has 1 aliphatic rings.